The van der Waals surface area contributed by atoms with Gasteiger partial charge in [-0.1, -0.05) is 11.6 Å². The number of carbonyl (C=O) groups excluding carboxylic acids is 1. The summed E-state index contributed by atoms with van der Waals surface area (Å²) in [7, 11) is 2.89. The van der Waals surface area contributed by atoms with E-state index in [0.29, 0.717) is 16.5 Å². The minimum absolute atomic E-state index is 0.0114. The number of Topliss-reactive ketones (excluding diaryl/α,β-unsaturated/α-hetero) is 1. The molecule has 0 atom stereocenters. The van der Waals surface area contributed by atoms with Crippen LogP contribution in [0.25, 0.3) is 0 Å². The summed E-state index contributed by atoms with van der Waals surface area (Å²) in [6.07, 6.45) is 0. The van der Waals surface area contributed by atoms with Crippen LogP contribution in [0.15, 0.2) is 36.4 Å². The molecule has 6 heteroatoms. The van der Waals surface area contributed by atoms with E-state index in [1.165, 1.54) is 26.4 Å². The van der Waals surface area contributed by atoms with Gasteiger partial charge in [-0.25, -0.2) is 4.39 Å². The Hall–Kier alpha value is -2.27. The van der Waals surface area contributed by atoms with Crippen LogP contribution >= 0.6 is 11.6 Å². The van der Waals surface area contributed by atoms with Gasteiger partial charge in [0, 0.05) is 10.6 Å². The standard InChI is InChI=1S/C16H15ClFNO3/c1-21-15-5-3-10(7-12(15)18)14(20)9-19-13-8-11(17)4-6-16(13)22-2/h3-8,19H,9H2,1-2H3. The fourth-order valence-electron chi connectivity index (χ4n) is 1.94. The summed E-state index contributed by atoms with van der Waals surface area (Å²) in [5.41, 5.74) is 0.851. The fraction of sp³-hybridized carbons (Fsp3) is 0.188. The third kappa shape index (κ3) is 3.68. The molecule has 0 aromatic heterocycles. The molecule has 2 rings (SSSR count). The lowest BCUT2D eigenvalue weighted by Gasteiger charge is -2.11. The van der Waals surface area contributed by atoms with Crippen LogP contribution in [0.2, 0.25) is 5.02 Å². The summed E-state index contributed by atoms with van der Waals surface area (Å²) >= 11 is 5.92. The van der Waals surface area contributed by atoms with Gasteiger partial charge in [-0.2, -0.15) is 0 Å². The van der Waals surface area contributed by atoms with E-state index >= 15 is 0 Å². The molecule has 0 aliphatic carbocycles. The molecule has 0 spiro atoms. The molecule has 0 bridgehead atoms. The van der Waals surface area contributed by atoms with Gasteiger partial charge in [-0.05, 0) is 36.4 Å². The molecule has 0 radical (unpaired) electrons. The lowest BCUT2D eigenvalue weighted by atomic mass is 10.1. The zero-order chi connectivity index (χ0) is 16.1. The summed E-state index contributed by atoms with van der Waals surface area (Å²) in [6, 6.07) is 9.12. The Morgan fingerprint density at radius 1 is 1.14 bits per heavy atom. The summed E-state index contributed by atoms with van der Waals surface area (Å²) in [4.78, 5) is 12.1. The van der Waals surface area contributed by atoms with E-state index in [2.05, 4.69) is 5.32 Å². The number of halogens is 2. The van der Waals surface area contributed by atoms with Crippen LogP contribution in [0.1, 0.15) is 10.4 Å². The number of nitrogens with one attached hydrogen (secondary N) is 1. The van der Waals surface area contributed by atoms with E-state index in [9.17, 15) is 9.18 Å². The van der Waals surface area contributed by atoms with E-state index in [1.54, 1.807) is 18.2 Å². The highest BCUT2D eigenvalue weighted by molar-refractivity contribution is 6.31. The Bertz CT molecular complexity index is 691. The lowest BCUT2D eigenvalue weighted by molar-refractivity contribution is 0.101. The number of ether oxygens (including phenoxy) is 2. The average Bonchev–Trinajstić information content (AvgIpc) is 2.52. The number of hydrogen-bond acceptors (Lipinski definition) is 4. The van der Waals surface area contributed by atoms with Gasteiger partial charge in [0.25, 0.3) is 0 Å². The van der Waals surface area contributed by atoms with Crippen LogP contribution in [0, 0.1) is 5.82 Å². The molecule has 4 nitrogen and oxygen atoms in total. The summed E-state index contributed by atoms with van der Waals surface area (Å²) in [6.45, 7) is -0.0114. The second-order valence-corrected chi connectivity index (χ2v) is 4.91. The van der Waals surface area contributed by atoms with Gasteiger partial charge < -0.3 is 14.8 Å². The van der Waals surface area contributed by atoms with Crippen molar-refractivity contribution in [3.63, 3.8) is 0 Å². The van der Waals surface area contributed by atoms with Gasteiger partial charge >= 0.3 is 0 Å². The third-order valence-electron chi connectivity index (χ3n) is 3.07. The first-order chi connectivity index (χ1) is 10.5. The number of benzene rings is 2. The number of anilines is 1. The van der Waals surface area contributed by atoms with E-state index in [1.807, 2.05) is 0 Å². The van der Waals surface area contributed by atoms with E-state index in [4.69, 9.17) is 21.1 Å². The molecular formula is C16H15ClFNO3. The molecule has 0 saturated carbocycles. The van der Waals surface area contributed by atoms with E-state index < -0.39 is 5.82 Å². The van der Waals surface area contributed by atoms with Gasteiger partial charge in [0.15, 0.2) is 17.3 Å². The summed E-state index contributed by atoms with van der Waals surface area (Å²) in [5.74, 6) is -0.170. The van der Waals surface area contributed by atoms with Crippen molar-refractivity contribution in [1.82, 2.24) is 0 Å². The monoisotopic (exact) mass is 323 g/mol. The minimum Gasteiger partial charge on any atom is -0.495 e. The van der Waals surface area contributed by atoms with E-state index in [0.717, 1.165) is 6.07 Å². The molecule has 0 saturated heterocycles. The largest absolute Gasteiger partial charge is 0.495 e. The minimum atomic E-state index is -0.575. The van der Waals surface area contributed by atoms with Crippen LogP contribution in [0.4, 0.5) is 10.1 Å². The highest BCUT2D eigenvalue weighted by Gasteiger charge is 2.11. The van der Waals surface area contributed by atoms with Crippen molar-refractivity contribution in [1.29, 1.82) is 0 Å². The summed E-state index contributed by atoms with van der Waals surface area (Å²) in [5, 5.41) is 3.46. The molecule has 0 amide bonds. The number of carbonyl (C=O) groups is 1. The molecule has 0 aliphatic rings. The van der Waals surface area contributed by atoms with Crippen LogP contribution in [-0.4, -0.2) is 26.5 Å². The highest BCUT2D eigenvalue weighted by Crippen LogP contribution is 2.27. The molecule has 0 fully saturated rings. The first-order valence-electron chi connectivity index (χ1n) is 6.49. The lowest BCUT2D eigenvalue weighted by Crippen LogP contribution is -2.14. The number of methoxy groups -OCH3 is 2. The molecule has 1 N–H and O–H groups in total. The van der Waals surface area contributed by atoms with Crippen molar-refractivity contribution in [2.45, 2.75) is 0 Å². The van der Waals surface area contributed by atoms with Gasteiger partial charge in [0.2, 0.25) is 0 Å². The Labute approximate surface area is 132 Å². The third-order valence-corrected chi connectivity index (χ3v) is 3.31. The molecule has 0 heterocycles. The zero-order valence-corrected chi connectivity index (χ0v) is 12.9. The smallest absolute Gasteiger partial charge is 0.181 e. The van der Waals surface area contributed by atoms with Crippen LogP contribution in [-0.2, 0) is 0 Å². The zero-order valence-electron chi connectivity index (χ0n) is 12.2. The predicted octanol–water partition coefficient (Wildman–Crippen LogP) is 3.79. The van der Waals surface area contributed by atoms with Crippen molar-refractivity contribution < 1.29 is 18.7 Å². The second kappa shape index (κ2) is 7.13. The number of rotatable bonds is 6. The van der Waals surface area contributed by atoms with Crippen LogP contribution in [0.3, 0.4) is 0 Å². The molecule has 2 aromatic carbocycles. The van der Waals surface area contributed by atoms with Gasteiger partial charge in [-0.3, -0.25) is 4.79 Å². The molecule has 0 aliphatic heterocycles. The van der Waals surface area contributed by atoms with Crippen molar-refractivity contribution in [3.8, 4) is 11.5 Å². The Kier molecular flexibility index (Phi) is 5.22. The first-order valence-corrected chi connectivity index (χ1v) is 6.87. The van der Waals surface area contributed by atoms with Crippen molar-refractivity contribution in [2.24, 2.45) is 0 Å². The predicted molar refractivity (Wildman–Crippen MR) is 83.8 cm³/mol. The van der Waals surface area contributed by atoms with Crippen molar-refractivity contribution in [2.75, 3.05) is 26.1 Å². The topological polar surface area (TPSA) is 47.6 Å². The Balaban J connectivity index is 2.10. The summed E-state index contributed by atoms with van der Waals surface area (Å²) < 4.78 is 23.6. The average molecular weight is 324 g/mol. The highest BCUT2D eigenvalue weighted by atomic mass is 35.5. The fourth-order valence-corrected chi connectivity index (χ4v) is 2.11. The molecule has 116 valence electrons. The first kappa shape index (κ1) is 16.1. The molecular weight excluding hydrogens is 309 g/mol. The maximum atomic E-state index is 13.6. The number of ketones is 1. The van der Waals surface area contributed by atoms with Gasteiger partial charge in [0.05, 0.1) is 26.5 Å². The van der Waals surface area contributed by atoms with Crippen LogP contribution < -0.4 is 14.8 Å². The maximum absolute atomic E-state index is 13.6. The van der Waals surface area contributed by atoms with Crippen LogP contribution in [0.5, 0.6) is 11.5 Å². The SMILES string of the molecule is COc1ccc(C(=O)CNc2cc(Cl)ccc2OC)cc1F. The quantitative estimate of drug-likeness (QED) is 0.822. The Morgan fingerprint density at radius 3 is 2.45 bits per heavy atom. The molecule has 0 unspecified atom stereocenters. The van der Waals surface area contributed by atoms with Gasteiger partial charge in [-0.15, -0.1) is 0 Å². The number of hydrogen-bond donors (Lipinski definition) is 1. The van der Waals surface area contributed by atoms with E-state index in [-0.39, 0.29) is 23.6 Å². The Morgan fingerprint density at radius 2 is 1.82 bits per heavy atom. The van der Waals surface area contributed by atoms with Gasteiger partial charge in [0.1, 0.15) is 5.75 Å². The second-order valence-electron chi connectivity index (χ2n) is 4.47. The molecule has 2 aromatic rings. The molecule has 22 heavy (non-hydrogen) atoms. The normalized spacial score (nSPS) is 10.2. The maximum Gasteiger partial charge on any atom is 0.181 e. The van der Waals surface area contributed by atoms with Crippen molar-refractivity contribution >= 4 is 23.1 Å². The van der Waals surface area contributed by atoms with Crippen molar-refractivity contribution in [3.05, 3.63) is 52.8 Å².